The lowest BCUT2D eigenvalue weighted by Crippen LogP contribution is -2.55. The van der Waals surface area contributed by atoms with E-state index in [0.717, 1.165) is 45.2 Å². The Morgan fingerprint density at radius 1 is 1.33 bits per heavy atom. The number of hydrogen-bond acceptors (Lipinski definition) is 2. The van der Waals surface area contributed by atoms with Gasteiger partial charge in [0.25, 0.3) is 0 Å². The molecule has 0 spiro atoms. The monoisotopic (exact) mass is 333 g/mol. The van der Waals surface area contributed by atoms with Crippen LogP contribution >= 0.6 is 0 Å². The van der Waals surface area contributed by atoms with Gasteiger partial charge in [0.2, 0.25) is 0 Å². The van der Waals surface area contributed by atoms with E-state index in [0.29, 0.717) is 6.42 Å². The summed E-state index contributed by atoms with van der Waals surface area (Å²) in [7, 11) is 0. The summed E-state index contributed by atoms with van der Waals surface area (Å²) in [6.45, 7) is 5.93. The van der Waals surface area contributed by atoms with Crippen molar-refractivity contribution < 1.29 is 9.50 Å². The van der Waals surface area contributed by atoms with Crippen LogP contribution in [0.15, 0.2) is 18.2 Å². The molecule has 2 aliphatic heterocycles. The molecule has 0 saturated carbocycles. The fourth-order valence-corrected chi connectivity index (χ4v) is 4.71. The Balaban J connectivity index is 1.88. The van der Waals surface area contributed by atoms with E-state index in [9.17, 15) is 9.50 Å². The van der Waals surface area contributed by atoms with E-state index < -0.39 is 12.3 Å². The van der Waals surface area contributed by atoms with Crippen molar-refractivity contribution in [1.82, 2.24) is 4.90 Å². The van der Waals surface area contributed by atoms with Gasteiger partial charge in [-0.05, 0) is 42.4 Å². The average Bonchev–Trinajstić information content (AvgIpc) is 2.59. The molecule has 24 heavy (non-hydrogen) atoms. The molecule has 1 aromatic carbocycles. The first-order valence-electron chi connectivity index (χ1n) is 9.75. The quantitative estimate of drug-likeness (QED) is 0.831. The predicted molar refractivity (Wildman–Crippen MR) is 97.0 cm³/mol. The topological polar surface area (TPSA) is 23.5 Å². The molecule has 1 fully saturated rings. The largest absolute Gasteiger partial charge is 0.389 e. The fourth-order valence-electron chi connectivity index (χ4n) is 4.71. The first kappa shape index (κ1) is 17.9. The summed E-state index contributed by atoms with van der Waals surface area (Å²) >= 11 is 0. The summed E-state index contributed by atoms with van der Waals surface area (Å²) in [5.41, 5.74) is 3.31. The minimum atomic E-state index is -0.845. The van der Waals surface area contributed by atoms with Crippen LogP contribution in [0.25, 0.3) is 0 Å². The number of halogens is 1. The Kier molecular flexibility index (Phi) is 5.61. The van der Waals surface area contributed by atoms with Gasteiger partial charge in [0, 0.05) is 31.5 Å². The van der Waals surface area contributed by atoms with Crippen molar-refractivity contribution in [3.05, 3.63) is 34.9 Å². The van der Waals surface area contributed by atoms with E-state index in [1.54, 1.807) is 0 Å². The van der Waals surface area contributed by atoms with Crippen molar-refractivity contribution in [2.24, 2.45) is 5.92 Å². The third-order valence-electron chi connectivity index (χ3n) is 6.28. The summed E-state index contributed by atoms with van der Waals surface area (Å²) < 4.78 is 13.2. The molecule has 3 heteroatoms. The Morgan fingerprint density at radius 3 is 2.88 bits per heavy atom. The van der Waals surface area contributed by atoms with Crippen LogP contribution in [-0.4, -0.2) is 35.4 Å². The van der Waals surface area contributed by atoms with Crippen LogP contribution in [-0.2, 0) is 12.8 Å². The number of benzene rings is 1. The standard InChI is InChI=1S/C21H32FNO/c1-3-5-6-18-15-23-12-9-17-8-7-16(4-2)13-19(17)20(23)14-21(18,24)10-11-22/h7-8,13,18,20,24H,3-6,9-12,14-15H2,1-2H3/t18-,20-,21-/m1/s1/i22+0. The van der Waals surface area contributed by atoms with E-state index in [-0.39, 0.29) is 18.4 Å². The summed E-state index contributed by atoms with van der Waals surface area (Å²) in [5.74, 6) is 0.209. The lowest BCUT2D eigenvalue weighted by Gasteiger charge is -2.51. The second kappa shape index (κ2) is 7.53. The van der Waals surface area contributed by atoms with Crippen LogP contribution in [0.5, 0.6) is 0 Å². The Bertz CT molecular complexity index is 561. The van der Waals surface area contributed by atoms with Gasteiger partial charge in [-0.1, -0.05) is 44.9 Å². The highest BCUT2D eigenvalue weighted by molar-refractivity contribution is 5.37. The minimum Gasteiger partial charge on any atom is -0.389 e. The highest BCUT2D eigenvalue weighted by Gasteiger charge is 2.46. The maximum absolute atomic E-state index is 13.2. The van der Waals surface area contributed by atoms with Crippen LogP contribution in [0.1, 0.15) is 68.7 Å². The second-order valence-corrected chi connectivity index (χ2v) is 7.73. The Labute approximate surface area is 146 Å². The molecule has 3 rings (SSSR count). The molecule has 2 nitrogen and oxygen atoms in total. The molecule has 0 aliphatic carbocycles. The average molecular weight is 333 g/mol. The highest BCUT2D eigenvalue weighted by atomic mass is 19.1. The lowest BCUT2D eigenvalue weighted by atomic mass is 9.70. The number of unbranched alkanes of at least 4 members (excludes halogenated alkanes) is 1. The number of alkyl halides is 1. The zero-order valence-electron chi connectivity index (χ0n) is 15.2. The summed E-state index contributed by atoms with van der Waals surface area (Å²) in [5, 5.41) is 11.3. The van der Waals surface area contributed by atoms with E-state index in [4.69, 9.17) is 0 Å². The van der Waals surface area contributed by atoms with E-state index in [1.807, 2.05) is 0 Å². The lowest BCUT2D eigenvalue weighted by molar-refractivity contribution is -0.108. The van der Waals surface area contributed by atoms with Gasteiger partial charge in [0.05, 0.1) is 12.3 Å². The van der Waals surface area contributed by atoms with Gasteiger partial charge in [-0.2, -0.15) is 0 Å². The molecule has 134 valence electrons. The van der Waals surface area contributed by atoms with Gasteiger partial charge in [-0.15, -0.1) is 0 Å². The van der Waals surface area contributed by atoms with Crippen molar-refractivity contribution in [2.45, 2.75) is 70.4 Å². The van der Waals surface area contributed by atoms with Crippen LogP contribution in [0.4, 0.5) is 4.39 Å². The maximum Gasteiger partial charge on any atom is 0.0922 e. The van der Waals surface area contributed by atoms with Crippen molar-refractivity contribution in [3.63, 3.8) is 0 Å². The van der Waals surface area contributed by atoms with E-state index in [1.165, 1.54) is 16.7 Å². The first-order valence-corrected chi connectivity index (χ1v) is 9.75. The molecule has 0 radical (unpaired) electrons. The Hall–Kier alpha value is -0.930. The van der Waals surface area contributed by atoms with E-state index in [2.05, 4.69) is 36.9 Å². The number of aliphatic hydroxyl groups is 1. The predicted octanol–water partition coefficient (Wildman–Crippen LogP) is 4.45. The van der Waals surface area contributed by atoms with Crippen LogP contribution in [0.3, 0.4) is 0 Å². The highest BCUT2D eigenvalue weighted by Crippen LogP contribution is 2.46. The molecule has 0 unspecified atom stereocenters. The third kappa shape index (κ3) is 3.39. The number of rotatable bonds is 6. The second-order valence-electron chi connectivity index (χ2n) is 7.73. The molecule has 1 aromatic rings. The molecule has 0 amide bonds. The van der Waals surface area contributed by atoms with Gasteiger partial charge in [-0.3, -0.25) is 9.29 Å². The number of nitrogens with zero attached hydrogens (tertiary/aromatic N) is 1. The molecular formula is C21H32FNO. The summed E-state index contributed by atoms with van der Waals surface area (Å²) in [6.07, 6.45) is 6.37. The smallest absolute Gasteiger partial charge is 0.0922 e. The Morgan fingerprint density at radius 2 is 2.17 bits per heavy atom. The van der Waals surface area contributed by atoms with Gasteiger partial charge in [0.15, 0.2) is 0 Å². The molecule has 3 atom stereocenters. The summed E-state index contributed by atoms with van der Waals surface area (Å²) in [6, 6.07) is 7.08. The minimum absolute atomic E-state index is 0.209. The van der Waals surface area contributed by atoms with Crippen molar-refractivity contribution in [2.75, 3.05) is 19.8 Å². The number of fused-ring (bicyclic) bond motifs is 3. The SMILES string of the molecule is CCCC[C@@H]1CN2CCc3ccc(CC)cc3[C@H]2C[C@]1(O)CC[19F]. The molecular weight excluding hydrogens is 301 g/mol. The third-order valence-corrected chi connectivity index (χ3v) is 6.28. The fraction of sp³-hybridized carbons (Fsp3) is 0.714. The van der Waals surface area contributed by atoms with Crippen LogP contribution < -0.4 is 0 Å². The molecule has 1 saturated heterocycles. The number of piperidine rings is 1. The van der Waals surface area contributed by atoms with Gasteiger partial charge in [-0.25, -0.2) is 0 Å². The zero-order chi connectivity index (χ0) is 17.2. The van der Waals surface area contributed by atoms with Crippen molar-refractivity contribution in [3.8, 4) is 0 Å². The van der Waals surface area contributed by atoms with Crippen LogP contribution in [0, 0.1) is 5.92 Å². The number of hydrogen-bond donors (Lipinski definition) is 1. The maximum atomic E-state index is 13.2. The van der Waals surface area contributed by atoms with Gasteiger partial charge >= 0.3 is 0 Å². The molecule has 0 aromatic heterocycles. The van der Waals surface area contributed by atoms with Crippen molar-refractivity contribution in [1.29, 1.82) is 0 Å². The summed E-state index contributed by atoms with van der Waals surface area (Å²) in [4.78, 5) is 2.55. The first-order chi connectivity index (χ1) is 11.6. The molecule has 1 N–H and O–H groups in total. The normalized spacial score (nSPS) is 30.0. The number of aryl methyl sites for hydroxylation is 1. The molecule has 2 aliphatic rings. The van der Waals surface area contributed by atoms with Crippen molar-refractivity contribution >= 4 is 0 Å². The van der Waals surface area contributed by atoms with Gasteiger partial charge in [0.1, 0.15) is 0 Å². The molecule has 2 heterocycles. The molecule has 0 bridgehead atoms. The van der Waals surface area contributed by atoms with E-state index >= 15 is 0 Å². The van der Waals surface area contributed by atoms with Gasteiger partial charge < -0.3 is 5.11 Å². The van der Waals surface area contributed by atoms with Crippen LogP contribution in [0.2, 0.25) is 0 Å². The zero-order valence-corrected chi connectivity index (χ0v) is 15.2.